The Kier molecular flexibility index (Phi) is 5.28. The Hall–Kier alpha value is -2.22. The van der Waals surface area contributed by atoms with Crippen molar-refractivity contribution in [3.8, 4) is 0 Å². The van der Waals surface area contributed by atoms with Crippen LogP contribution in [0.15, 0.2) is 89.8 Å². The fraction of sp³-hybridized carbons (Fsp3) is 0. The summed E-state index contributed by atoms with van der Waals surface area (Å²) in [6, 6.07) is 9.57. The molecule has 80 valence electrons. The molecule has 0 aromatic heterocycles. The monoisotopic (exact) mass is 210 g/mol. The SMILES string of the molecule is C=C\C=C/C(=C\C=C)/N=N\c1ccccc1. The van der Waals surface area contributed by atoms with Crippen LogP contribution in [0.5, 0.6) is 0 Å². The molecule has 0 radical (unpaired) electrons. The van der Waals surface area contributed by atoms with E-state index in [0.29, 0.717) is 0 Å². The molecular formula is C14H14N2. The molecule has 0 aliphatic heterocycles. The van der Waals surface area contributed by atoms with Gasteiger partial charge in [0.1, 0.15) is 0 Å². The van der Waals surface area contributed by atoms with Gasteiger partial charge < -0.3 is 0 Å². The number of hydrogen-bond acceptors (Lipinski definition) is 2. The Balaban J connectivity index is 2.80. The number of allylic oxidation sites excluding steroid dienone is 5. The molecule has 0 unspecified atom stereocenters. The van der Waals surface area contributed by atoms with Crippen LogP contribution in [-0.4, -0.2) is 0 Å². The number of benzene rings is 1. The second kappa shape index (κ2) is 7.12. The van der Waals surface area contributed by atoms with Crippen LogP contribution in [0.1, 0.15) is 0 Å². The van der Waals surface area contributed by atoms with Gasteiger partial charge in [-0.15, -0.1) is 0 Å². The van der Waals surface area contributed by atoms with Gasteiger partial charge in [-0.2, -0.15) is 10.2 Å². The summed E-state index contributed by atoms with van der Waals surface area (Å²) >= 11 is 0. The second-order valence-corrected chi connectivity index (χ2v) is 2.96. The zero-order valence-corrected chi connectivity index (χ0v) is 9.08. The van der Waals surface area contributed by atoms with Gasteiger partial charge in [0.25, 0.3) is 0 Å². The Morgan fingerprint density at radius 3 is 2.44 bits per heavy atom. The van der Waals surface area contributed by atoms with E-state index in [1.165, 1.54) is 0 Å². The Morgan fingerprint density at radius 1 is 1.06 bits per heavy atom. The van der Waals surface area contributed by atoms with Crippen LogP contribution in [0.4, 0.5) is 5.69 Å². The van der Waals surface area contributed by atoms with Crippen LogP contribution in [0, 0.1) is 0 Å². The summed E-state index contributed by atoms with van der Waals surface area (Å²) in [6.45, 7) is 7.22. The van der Waals surface area contributed by atoms with Gasteiger partial charge in [-0.1, -0.05) is 49.6 Å². The van der Waals surface area contributed by atoms with Crippen molar-refractivity contribution in [1.82, 2.24) is 0 Å². The van der Waals surface area contributed by atoms with Crippen LogP contribution in [-0.2, 0) is 0 Å². The lowest BCUT2D eigenvalue weighted by atomic mass is 10.3. The Bertz CT molecular complexity index is 425. The van der Waals surface area contributed by atoms with Gasteiger partial charge in [-0.25, -0.2) is 0 Å². The third-order valence-corrected chi connectivity index (χ3v) is 1.73. The smallest absolute Gasteiger partial charge is 0.0857 e. The summed E-state index contributed by atoms with van der Waals surface area (Å²) in [5, 5.41) is 8.20. The molecule has 0 atom stereocenters. The molecule has 0 fully saturated rings. The minimum Gasteiger partial charge on any atom is -0.151 e. The third kappa shape index (κ3) is 4.33. The first kappa shape index (κ1) is 11.9. The van der Waals surface area contributed by atoms with Crippen molar-refractivity contribution < 1.29 is 0 Å². The molecule has 0 spiro atoms. The van der Waals surface area contributed by atoms with Gasteiger partial charge in [0, 0.05) is 0 Å². The van der Waals surface area contributed by atoms with E-state index in [2.05, 4.69) is 23.4 Å². The predicted molar refractivity (Wildman–Crippen MR) is 68.6 cm³/mol. The molecule has 0 bridgehead atoms. The van der Waals surface area contributed by atoms with E-state index in [0.717, 1.165) is 11.4 Å². The molecule has 1 rings (SSSR count). The lowest BCUT2D eigenvalue weighted by molar-refractivity contribution is 1.17. The molecule has 16 heavy (non-hydrogen) atoms. The molecule has 0 saturated heterocycles. The van der Waals surface area contributed by atoms with E-state index in [4.69, 9.17) is 0 Å². The minimum absolute atomic E-state index is 0.735. The molecule has 0 saturated carbocycles. The van der Waals surface area contributed by atoms with E-state index in [-0.39, 0.29) is 0 Å². The number of nitrogens with zero attached hydrogens (tertiary/aromatic N) is 2. The fourth-order valence-corrected chi connectivity index (χ4v) is 1.02. The topological polar surface area (TPSA) is 24.7 Å². The zero-order chi connectivity index (χ0) is 11.6. The van der Waals surface area contributed by atoms with E-state index in [9.17, 15) is 0 Å². The largest absolute Gasteiger partial charge is 0.151 e. The van der Waals surface area contributed by atoms with Crippen LogP contribution in [0.3, 0.4) is 0 Å². The summed E-state index contributed by atoms with van der Waals surface area (Å²) in [5.74, 6) is 0. The predicted octanol–water partition coefficient (Wildman–Crippen LogP) is 4.58. The van der Waals surface area contributed by atoms with Crippen molar-refractivity contribution in [3.05, 3.63) is 79.6 Å². The summed E-state index contributed by atoms with van der Waals surface area (Å²) in [4.78, 5) is 0. The molecule has 2 nitrogen and oxygen atoms in total. The highest BCUT2D eigenvalue weighted by atomic mass is 15.1. The normalized spacial score (nSPS) is 12.1. The first-order valence-corrected chi connectivity index (χ1v) is 4.95. The summed E-state index contributed by atoms with van der Waals surface area (Å²) in [6.07, 6.45) is 8.77. The summed E-state index contributed by atoms with van der Waals surface area (Å²) < 4.78 is 0. The molecule has 2 heteroatoms. The maximum absolute atomic E-state index is 4.10. The highest BCUT2D eigenvalue weighted by Crippen LogP contribution is 2.12. The molecule has 0 amide bonds. The molecule has 0 N–H and O–H groups in total. The maximum Gasteiger partial charge on any atom is 0.0857 e. The van der Waals surface area contributed by atoms with Crippen molar-refractivity contribution in [3.63, 3.8) is 0 Å². The highest BCUT2D eigenvalue weighted by Gasteiger charge is 1.87. The molecular weight excluding hydrogens is 196 g/mol. The third-order valence-electron chi connectivity index (χ3n) is 1.73. The summed E-state index contributed by atoms with van der Waals surface area (Å²) in [5.41, 5.74) is 1.56. The number of azo groups is 1. The van der Waals surface area contributed by atoms with E-state index in [1.807, 2.05) is 36.4 Å². The lowest BCUT2D eigenvalue weighted by Gasteiger charge is -1.91. The van der Waals surface area contributed by atoms with Gasteiger partial charge in [-0.3, -0.25) is 0 Å². The number of rotatable bonds is 5. The van der Waals surface area contributed by atoms with Gasteiger partial charge in [0.05, 0.1) is 11.4 Å². The molecule has 0 aliphatic rings. The van der Waals surface area contributed by atoms with Crippen molar-refractivity contribution in [1.29, 1.82) is 0 Å². The standard InChI is InChI=1S/C14H14N2/c1-3-5-10-13(9-4-2)15-16-14-11-7-6-8-12-14/h3-12H,1-2H2/b10-5-,13-9+,16-15-. The Labute approximate surface area is 96.0 Å². The highest BCUT2D eigenvalue weighted by molar-refractivity contribution is 5.35. The van der Waals surface area contributed by atoms with Crippen molar-refractivity contribution >= 4 is 5.69 Å². The van der Waals surface area contributed by atoms with Gasteiger partial charge in [-0.05, 0) is 24.3 Å². The quantitative estimate of drug-likeness (QED) is 0.502. The van der Waals surface area contributed by atoms with Crippen molar-refractivity contribution in [2.75, 3.05) is 0 Å². The van der Waals surface area contributed by atoms with Crippen LogP contribution in [0.2, 0.25) is 0 Å². The average Bonchev–Trinajstić information content (AvgIpc) is 2.34. The van der Waals surface area contributed by atoms with Crippen LogP contribution >= 0.6 is 0 Å². The fourth-order valence-electron chi connectivity index (χ4n) is 1.02. The first-order valence-electron chi connectivity index (χ1n) is 4.95. The van der Waals surface area contributed by atoms with E-state index >= 15 is 0 Å². The first-order chi connectivity index (χ1) is 7.86. The van der Waals surface area contributed by atoms with Gasteiger partial charge in [0.15, 0.2) is 0 Å². The maximum atomic E-state index is 4.10. The zero-order valence-electron chi connectivity index (χ0n) is 9.08. The molecule has 0 aliphatic carbocycles. The van der Waals surface area contributed by atoms with E-state index in [1.54, 1.807) is 24.3 Å². The molecule has 1 aromatic carbocycles. The Morgan fingerprint density at radius 2 is 1.81 bits per heavy atom. The summed E-state index contributed by atoms with van der Waals surface area (Å²) in [7, 11) is 0. The van der Waals surface area contributed by atoms with Gasteiger partial charge >= 0.3 is 0 Å². The van der Waals surface area contributed by atoms with Crippen molar-refractivity contribution in [2.45, 2.75) is 0 Å². The number of hydrogen-bond donors (Lipinski definition) is 0. The van der Waals surface area contributed by atoms with Gasteiger partial charge in [0.2, 0.25) is 0 Å². The van der Waals surface area contributed by atoms with E-state index < -0.39 is 0 Å². The van der Waals surface area contributed by atoms with Crippen LogP contribution in [0.25, 0.3) is 0 Å². The molecule has 1 aromatic rings. The molecule has 0 heterocycles. The average molecular weight is 210 g/mol. The van der Waals surface area contributed by atoms with Crippen molar-refractivity contribution in [2.24, 2.45) is 10.2 Å². The minimum atomic E-state index is 0.735. The second-order valence-electron chi connectivity index (χ2n) is 2.96. The lowest BCUT2D eigenvalue weighted by Crippen LogP contribution is -1.69. The van der Waals surface area contributed by atoms with Crippen LogP contribution < -0.4 is 0 Å².